The Balaban J connectivity index is 1.95. The first-order valence-corrected chi connectivity index (χ1v) is 7.26. The van der Waals surface area contributed by atoms with Crippen LogP contribution in [0.15, 0.2) is 12.1 Å². The minimum absolute atomic E-state index is 0.490. The predicted octanol–water partition coefficient (Wildman–Crippen LogP) is 4.40. The molecule has 1 aliphatic rings. The van der Waals surface area contributed by atoms with Gasteiger partial charge in [0.2, 0.25) is 0 Å². The Morgan fingerprint density at radius 2 is 1.94 bits per heavy atom. The molecule has 18 heavy (non-hydrogen) atoms. The molecule has 100 valence electrons. The molecule has 1 atom stereocenters. The van der Waals surface area contributed by atoms with Crippen molar-refractivity contribution in [2.24, 2.45) is 5.92 Å². The molecule has 0 saturated carbocycles. The molecule has 1 aromatic rings. The highest BCUT2D eigenvalue weighted by atomic mass is 35.5. The fourth-order valence-electron chi connectivity index (χ4n) is 2.35. The second-order valence-electron chi connectivity index (χ2n) is 4.90. The first-order valence-electron chi connectivity index (χ1n) is 6.13. The molecular weight excluding hydrogens is 291 g/mol. The summed E-state index contributed by atoms with van der Waals surface area (Å²) in [6.07, 6.45) is 2.52. The van der Waals surface area contributed by atoms with Crippen LogP contribution in [0.2, 0.25) is 15.1 Å². The van der Waals surface area contributed by atoms with E-state index < -0.39 is 0 Å². The van der Waals surface area contributed by atoms with E-state index in [1.165, 1.54) is 19.4 Å². The zero-order valence-electron chi connectivity index (χ0n) is 10.3. The van der Waals surface area contributed by atoms with Gasteiger partial charge in [0.1, 0.15) is 0 Å². The van der Waals surface area contributed by atoms with E-state index in [-0.39, 0.29) is 0 Å². The Labute approximate surface area is 123 Å². The van der Waals surface area contributed by atoms with Gasteiger partial charge >= 0.3 is 0 Å². The third-order valence-corrected chi connectivity index (χ3v) is 4.35. The summed E-state index contributed by atoms with van der Waals surface area (Å²) in [5.74, 6) is 0.661. The molecule has 2 nitrogen and oxygen atoms in total. The number of likely N-dealkylation sites (tertiary alicyclic amines) is 1. The molecular formula is C13H17Cl3N2. The van der Waals surface area contributed by atoms with Gasteiger partial charge in [-0.2, -0.15) is 0 Å². The summed E-state index contributed by atoms with van der Waals surface area (Å²) in [4.78, 5) is 2.37. The molecule has 0 aromatic heterocycles. The summed E-state index contributed by atoms with van der Waals surface area (Å²) in [6.45, 7) is 3.25. The van der Waals surface area contributed by atoms with Gasteiger partial charge in [-0.1, -0.05) is 34.8 Å². The Morgan fingerprint density at radius 1 is 1.22 bits per heavy atom. The van der Waals surface area contributed by atoms with Crippen molar-refractivity contribution in [2.75, 3.05) is 32.0 Å². The largest absolute Gasteiger partial charge is 0.383 e. The number of nitrogens with one attached hydrogen (secondary N) is 1. The molecule has 0 bridgehead atoms. The van der Waals surface area contributed by atoms with E-state index in [0.717, 1.165) is 18.8 Å². The Morgan fingerprint density at radius 3 is 2.67 bits per heavy atom. The van der Waals surface area contributed by atoms with Crippen LogP contribution in [0, 0.1) is 5.92 Å². The van der Waals surface area contributed by atoms with Crippen molar-refractivity contribution in [3.63, 3.8) is 0 Å². The second-order valence-corrected chi connectivity index (χ2v) is 6.12. The number of hydrogen-bond donors (Lipinski definition) is 1. The summed E-state index contributed by atoms with van der Waals surface area (Å²) in [6, 6.07) is 3.47. The molecule has 2 rings (SSSR count). The van der Waals surface area contributed by atoms with E-state index >= 15 is 0 Å². The number of nitrogens with zero attached hydrogens (tertiary/aromatic N) is 1. The monoisotopic (exact) mass is 306 g/mol. The van der Waals surface area contributed by atoms with Crippen molar-refractivity contribution in [1.29, 1.82) is 0 Å². The van der Waals surface area contributed by atoms with Crippen LogP contribution in [0.5, 0.6) is 0 Å². The van der Waals surface area contributed by atoms with Crippen molar-refractivity contribution < 1.29 is 0 Å². The van der Waals surface area contributed by atoms with Gasteiger partial charge in [0.25, 0.3) is 0 Å². The number of hydrogen-bond acceptors (Lipinski definition) is 2. The zero-order valence-corrected chi connectivity index (χ0v) is 12.6. The van der Waals surface area contributed by atoms with Crippen molar-refractivity contribution in [3.8, 4) is 0 Å². The summed E-state index contributed by atoms with van der Waals surface area (Å²) < 4.78 is 0. The lowest BCUT2D eigenvalue weighted by atomic mass is 9.98. The SMILES string of the molecule is CN1CCCC(CNc2cc(Cl)c(Cl)cc2Cl)C1. The number of halogens is 3. The third-order valence-electron chi connectivity index (χ3n) is 3.31. The molecule has 0 spiro atoms. The minimum Gasteiger partial charge on any atom is -0.383 e. The number of rotatable bonds is 3. The molecule has 1 fully saturated rings. The molecule has 0 aliphatic carbocycles. The fraction of sp³-hybridized carbons (Fsp3) is 0.538. The number of benzene rings is 1. The van der Waals surface area contributed by atoms with Gasteiger partial charge in [-0.15, -0.1) is 0 Å². The van der Waals surface area contributed by atoms with E-state index in [2.05, 4.69) is 17.3 Å². The molecule has 5 heteroatoms. The maximum Gasteiger partial charge on any atom is 0.0653 e. The standard InChI is InChI=1S/C13H17Cl3N2/c1-18-4-2-3-9(8-18)7-17-13-6-11(15)10(14)5-12(13)16/h5-6,9,17H,2-4,7-8H2,1H3. The van der Waals surface area contributed by atoms with Gasteiger partial charge in [-0.3, -0.25) is 0 Å². The highest BCUT2D eigenvalue weighted by Crippen LogP contribution is 2.32. The lowest BCUT2D eigenvalue weighted by Gasteiger charge is -2.30. The van der Waals surface area contributed by atoms with E-state index in [0.29, 0.717) is 21.0 Å². The highest BCUT2D eigenvalue weighted by molar-refractivity contribution is 6.44. The number of anilines is 1. The van der Waals surface area contributed by atoms with Crippen LogP contribution in [0.25, 0.3) is 0 Å². The average Bonchev–Trinajstić information content (AvgIpc) is 2.32. The molecule has 1 unspecified atom stereocenters. The number of piperidine rings is 1. The maximum absolute atomic E-state index is 6.13. The van der Waals surface area contributed by atoms with Crippen molar-refractivity contribution in [2.45, 2.75) is 12.8 Å². The Kier molecular flexibility index (Phi) is 5.02. The lowest BCUT2D eigenvalue weighted by molar-refractivity contribution is 0.217. The van der Waals surface area contributed by atoms with Crippen LogP contribution < -0.4 is 5.32 Å². The van der Waals surface area contributed by atoms with E-state index in [1.54, 1.807) is 12.1 Å². The summed E-state index contributed by atoms with van der Waals surface area (Å²) >= 11 is 18.0. The van der Waals surface area contributed by atoms with Crippen LogP contribution in [-0.2, 0) is 0 Å². The second kappa shape index (κ2) is 6.33. The summed E-state index contributed by atoms with van der Waals surface area (Å²) in [5.41, 5.74) is 0.860. The first-order chi connectivity index (χ1) is 8.56. The van der Waals surface area contributed by atoms with Gasteiger partial charge in [0.15, 0.2) is 0 Å². The van der Waals surface area contributed by atoms with Gasteiger partial charge in [-0.25, -0.2) is 0 Å². The van der Waals surface area contributed by atoms with Crippen LogP contribution in [-0.4, -0.2) is 31.6 Å². The average molecular weight is 308 g/mol. The molecule has 0 amide bonds. The van der Waals surface area contributed by atoms with E-state index in [4.69, 9.17) is 34.8 Å². The topological polar surface area (TPSA) is 15.3 Å². The third kappa shape index (κ3) is 3.67. The normalized spacial score (nSPS) is 21.0. The van der Waals surface area contributed by atoms with Gasteiger partial charge < -0.3 is 10.2 Å². The van der Waals surface area contributed by atoms with Gasteiger partial charge in [0.05, 0.1) is 20.8 Å². The predicted molar refractivity (Wildman–Crippen MR) is 80.2 cm³/mol. The van der Waals surface area contributed by atoms with Gasteiger partial charge in [-0.05, 0) is 44.5 Å². The van der Waals surface area contributed by atoms with Crippen molar-refractivity contribution in [1.82, 2.24) is 4.90 Å². The quantitative estimate of drug-likeness (QED) is 0.833. The molecule has 0 radical (unpaired) electrons. The summed E-state index contributed by atoms with van der Waals surface area (Å²) in [5, 5.41) is 5.01. The highest BCUT2D eigenvalue weighted by Gasteiger charge is 2.17. The van der Waals surface area contributed by atoms with Crippen LogP contribution in [0.4, 0.5) is 5.69 Å². The van der Waals surface area contributed by atoms with Gasteiger partial charge in [0, 0.05) is 13.1 Å². The van der Waals surface area contributed by atoms with E-state index in [1.807, 2.05) is 0 Å². The lowest BCUT2D eigenvalue weighted by Crippen LogP contribution is -2.35. The zero-order chi connectivity index (χ0) is 13.1. The molecule has 1 saturated heterocycles. The Hall–Kier alpha value is -0.150. The summed E-state index contributed by atoms with van der Waals surface area (Å²) in [7, 11) is 2.16. The van der Waals surface area contributed by atoms with Crippen LogP contribution in [0.3, 0.4) is 0 Å². The van der Waals surface area contributed by atoms with Crippen LogP contribution >= 0.6 is 34.8 Å². The minimum atomic E-state index is 0.490. The molecule has 1 aliphatic heterocycles. The molecule has 1 aromatic carbocycles. The van der Waals surface area contributed by atoms with Crippen molar-refractivity contribution in [3.05, 3.63) is 27.2 Å². The molecule has 1 heterocycles. The fourth-order valence-corrected chi connectivity index (χ4v) is 2.97. The maximum atomic E-state index is 6.13. The first kappa shape index (κ1) is 14.3. The van der Waals surface area contributed by atoms with Crippen LogP contribution in [0.1, 0.15) is 12.8 Å². The van der Waals surface area contributed by atoms with Crippen molar-refractivity contribution >= 4 is 40.5 Å². The smallest absolute Gasteiger partial charge is 0.0653 e. The molecule has 1 N–H and O–H groups in total. The Bertz CT molecular complexity index is 423. The van der Waals surface area contributed by atoms with E-state index in [9.17, 15) is 0 Å².